The Morgan fingerprint density at radius 2 is 1.76 bits per heavy atom. The second-order valence-corrected chi connectivity index (χ2v) is 5.12. The fourth-order valence-corrected chi connectivity index (χ4v) is 1.95. The Bertz CT molecular complexity index is 663. The van der Waals surface area contributed by atoms with Crippen molar-refractivity contribution in [1.82, 2.24) is 0 Å². The van der Waals surface area contributed by atoms with Gasteiger partial charge in [-0.05, 0) is 18.2 Å². The summed E-state index contributed by atoms with van der Waals surface area (Å²) in [4.78, 5) is 23.1. The van der Waals surface area contributed by atoms with Crippen LogP contribution in [0.5, 0.6) is 0 Å². The molecule has 0 aliphatic carbocycles. The van der Waals surface area contributed by atoms with Crippen LogP contribution >= 0.6 is 11.6 Å². The van der Waals surface area contributed by atoms with Gasteiger partial charge in [-0.1, -0.05) is 6.07 Å². The Morgan fingerprint density at radius 1 is 1.20 bits per heavy atom. The molecular formula is C13H10ClF6NO4. The number of esters is 1. The van der Waals surface area contributed by atoms with Crippen LogP contribution in [0.2, 0.25) is 0 Å². The standard InChI is InChI=1S/C13H10ClF6NO4/c1-25-10(23)11(24,13(18,19)20)8(14)9(22)21-7-4-2-3-6(5-7)12(15,16)17/h2-5,8,24H,1H3,(H,21,22)/t8-,11-/m1/s1. The molecule has 2 N–H and O–H groups in total. The fourth-order valence-electron chi connectivity index (χ4n) is 1.69. The van der Waals surface area contributed by atoms with Gasteiger partial charge in [-0.2, -0.15) is 26.3 Å². The van der Waals surface area contributed by atoms with Gasteiger partial charge in [-0.15, -0.1) is 11.6 Å². The number of benzene rings is 1. The van der Waals surface area contributed by atoms with Gasteiger partial charge in [-0.3, -0.25) is 4.79 Å². The summed E-state index contributed by atoms with van der Waals surface area (Å²) in [5.74, 6) is -4.01. The molecule has 0 saturated heterocycles. The molecule has 0 aliphatic rings. The molecule has 1 aromatic carbocycles. The van der Waals surface area contributed by atoms with E-state index in [2.05, 4.69) is 4.74 Å². The number of methoxy groups -OCH3 is 1. The van der Waals surface area contributed by atoms with Gasteiger partial charge in [0.25, 0.3) is 5.60 Å². The van der Waals surface area contributed by atoms with Crippen LogP contribution in [0, 0.1) is 0 Å². The summed E-state index contributed by atoms with van der Waals surface area (Å²) in [5.41, 5.74) is -6.12. The van der Waals surface area contributed by atoms with Gasteiger partial charge >= 0.3 is 18.3 Å². The lowest BCUT2D eigenvalue weighted by molar-refractivity contribution is -0.260. The molecule has 1 amide bonds. The lowest BCUT2D eigenvalue weighted by atomic mass is 9.97. The number of anilines is 1. The number of alkyl halides is 7. The summed E-state index contributed by atoms with van der Waals surface area (Å²) in [7, 11) is 0.521. The van der Waals surface area contributed by atoms with E-state index in [-0.39, 0.29) is 0 Å². The smallest absolute Gasteiger partial charge is 0.430 e. The average molecular weight is 394 g/mol. The summed E-state index contributed by atoms with van der Waals surface area (Å²) in [6, 6.07) is 2.93. The van der Waals surface area contributed by atoms with E-state index in [1.165, 1.54) is 0 Å². The Balaban J connectivity index is 3.12. The number of carbonyl (C=O) groups excluding carboxylic acids is 2. The number of amides is 1. The summed E-state index contributed by atoms with van der Waals surface area (Å²) in [6.45, 7) is 0. The van der Waals surface area contributed by atoms with Gasteiger partial charge in [0.2, 0.25) is 5.91 Å². The number of carbonyl (C=O) groups is 2. The molecule has 0 spiro atoms. The minimum atomic E-state index is -5.68. The van der Waals surface area contributed by atoms with E-state index in [9.17, 15) is 41.0 Å². The first-order chi connectivity index (χ1) is 11.2. The molecule has 0 fully saturated rings. The van der Waals surface area contributed by atoms with Crippen molar-refractivity contribution in [3.05, 3.63) is 29.8 Å². The number of hydrogen-bond acceptors (Lipinski definition) is 4. The Kier molecular flexibility index (Phi) is 5.96. The zero-order chi connectivity index (χ0) is 19.6. The van der Waals surface area contributed by atoms with Crippen molar-refractivity contribution in [2.45, 2.75) is 23.3 Å². The molecule has 0 aromatic heterocycles. The van der Waals surface area contributed by atoms with Gasteiger partial charge in [0, 0.05) is 5.69 Å². The Morgan fingerprint density at radius 3 is 2.20 bits per heavy atom. The van der Waals surface area contributed by atoms with E-state index >= 15 is 0 Å². The molecule has 12 heteroatoms. The van der Waals surface area contributed by atoms with Crippen molar-refractivity contribution in [2.24, 2.45) is 0 Å². The molecule has 2 atom stereocenters. The SMILES string of the molecule is COC(=O)[C@](O)([C@H](Cl)C(=O)Nc1cccc(C(F)(F)F)c1)C(F)(F)F. The van der Waals surface area contributed by atoms with Crippen LogP contribution in [0.25, 0.3) is 0 Å². The van der Waals surface area contributed by atoms with Crippen LogP contribution < -0.4 is 5.32 Å². The van der Waals surface area contributed by atoms with Crippen LogP contribution in [0.15, 0.2) is 24.3 Å². The number of ether oxygens (including phenoxy) is 1. The molecule has 0 saturated carbocycles. The molecule has 1 aromatic rings. The third-order valence-corrected chi connectivity index (χ3v) is 3.50. The van der Waals surface area contributed by atoms with Crippen molar-refractivity contribution < 1.29 is 45.8 Å². The van der Waals surface area contributed by atoms with Crippen molar-refractivity contribution in [3.8, 4) is 0 Å². The second kappa shape index (κ2) is 7.08. The van der Waals surface area contributed by atoms with Gasteiger partial charge in [0.1, 0.15) is 0 Å². The maximum Gasteiger partial charge on any atom is 0.430 e. The van der Waals surface area contributed by atoms with Gasteiger partial charge in [0.15, 0.2) is 5.38 Å². The number of rotatable bonds is 4. The highest BCUT2D eigenvalue weighted by Crippen LogP contribution is 2.37. The summed E-state index contributed by atoms with van der Waals surface area (Å²) in [5, 5.41) is 8.30. The highest BCUT2D eigenvalue weighted by Gasteiger charge is 2.67. The molecular weight excluding hydrogens is 384 g/mol. The molecule has 0 aliphatic heterocycles. The van der Waals surface area contributed by atoms with Crippen molar-refractivity contribution >= 4 is 29.2 Å². The minimum absolute atomic E-state index is 0.437. The second-order valence-electron chi connectivity index (χ2n) is 4.69. The topological polar surface area (TPSA) is 75.6 Å². The molecule has 25 heavy (non-hydrogen) atoms. The van der Waals surface area contributed by atoms with Gasteiger partial charge < -0.3 is 15.2 Å². The lowest BCUT2D eigenvalue weighted by Crippen LogP contribution is -2.62. The summed E-state index contributed by atoms with van der Waals surface area (Å²) in [6.07, 6.45) is -10.4. The molecule has 1 rings (SSSR count). The van der Waals surface area contributed by atoms with E-state index in [1.807, 2.05) is 0 Å². The van der Waals surface area contributed by atoms with Crippen LogP contribution in [0.3, 0.4) is 0 Å². The average Bonchev–Trinajstić information content (AvgIpc) is 2.50. The third-order valence-electron chi connectivity index (χ3n) is 2.98. The maximum atomic E-state index is 12.9. The first kappa shape index (κ1) is 21.0. The summed E-state index contributed by atoms with van der Waals surface area (Å²) >= 11 is 5.27. The fraction of sp³-hybridized carbons (Fsp3) is 0.385. The van der Waals surface area contributed by atoms with Crippen molar-refractivity contribution in [1.29, 1.82) is 0 Å². The molecule has 140 valence electrons. The molecule has 0 radical (unpaired) electrons. The maximum absolute atomic E-state index is 12.9. The van der Waals surface area contributed by atoms with E-state index < -0.39 is 46.5 Å². The van der Waals surface area contributed by atoms with E-state index in [0.29, 0.717) is 19.2 Å². The number of aliphatic hydroxyl groups is 1. The normalized spacial score (nSPS) is 15.9. The first-order valence-electron chi connectivity index (χ1n) is 6.25. The van der Waals surface area contributed by atoms with Gasteiger partial charge in [0.05, 0.1) is 12.7 Å². The first-order valence-corrected chi connectivity index (χ1v) is 6.68. The Labute approximate surface area is 141 Å². The van der Waals surface area contributed by atoms with Crippen molar-refractivity contribution in [3.63, 3.8) is 0 Å². The van der Waals surface area contributed by atoms with Crippen LogP contribution in [0.1, 0.15) is 5.56 Å². The van der Waals surface area contributed by atoms with Crippen LogP contribution in [0.4, 0.5) is 32.0 Å². The van der Waals surface area contributed by atoms with E-state index in [0.717, 1.165) is 12.1 Å². The highest BCUT2D eigenvalue weighted by molar-refractivity contribution is 6.35. The van der Waals surface area contributed by atoms with Crippen LogP contribution in [-0.2, 0) is 20.5 Å². The predicted molar refractivity (Wildman–Crippen MR) is 72.7 cm³/mol. The highest BCUT2D eigenvalue weighted by atomic mass is 35.5. The number of halogens is 7. The lowest BCUT2D eigenvalue weighted by Gasteiger charge is -2.30. The third kappa shape index (κ3) is 4.34. The molecule has 5 nitrogen and oxygen atoms in total. The number of nitrogens with one attached hydrogen (secondary N) is 1. The molecule has 0 bridgehead atoms. The van der Waals surface area contributed by atoms with Gasteiger partial charge in [-0.25, -0.2) is 4.79 Å². The Hall–Kier alpha value is -2.01. The summed E-state index contributed by atoms with van der Waals surface area (Å²) < 4.78 is 80.4. The monoisotopic (exact) mass is 393 g/mol. The van der Waals surface area contributed by atoms with Crippen LogP contribution in [-0.4, -0.2) is 41.2 Å². The van der Waals surface area contributed by atoms with E-state index in [4.69, 9.17) is 11.6 Å². The molecule has 0 heterocycles. The zero-order valence-electron chi connectivity index (χ0n) is 12.2. The predicted octanol–water partition coefficient (Wildman–Crippen LogP) is 2.72. The molecule has 0 unspecified atom stereocenters. The largest absolute Gasteiger partial charge is 0.467 e. The van der Waals surface area contributed by atoms with Crippen molar-refractivity contribution in [2.75, 3.05) is 12.4 Å². The van der Waals surface area contributed by atoms with E-state index in [1.54, 1.807) is 5.32 Å². The minimum Gasteiger partial charge on any atom is -0.467 e. The quantitative estimate of drug-likeness (QED) is 0.468. The zero-order valence-corrected chi connectivity index (χ0v) is 13.0. The number of hydrogen-bond donors (Lipinski definition) is 2.